The second-order valence-corrected chi connectivity index (χ2v) is 10.1. The van der Waals surface area contributed by atoms with Crippen molar-refractivity contribution in [3.8, 4) is 11.3 Å². The Morgan fingerprint density at radius 1 is 1.09 bits per heavy atom. The van der Waals surface area contributed by atoms with Crippen molar-refractivity contribution in [1.29, 1.82) is 0 Å². The van der Waals surface area contributed by atoms with Gasteiger partial charge in [-0.3, -0.25) is 0 Å². The van der Waals surface area contributed by atoms with Crippen molar-refractivity contribution in [2.24, 2.45) is 17.8 Å². The fourth-order valence-corrected chi connectivity index (χ4v) is 5.81. The Morgan fingerprint density at radius 3 is 2.52 bits per heavy atom. The lowest BCUT2D eigenvalue weighted by Gasteiger charge is -2.23. The molecule has 0 spiro atoms. The lowest BCUT2D eigenvalue weighted by Crippen LogP contribution is -2.30. The van der Waals surface area contributed by atoms with E-state index in [1.165, 1.54) is 0 Å². The second-order valence-electron chi connectivity index (χ2n) is 10.1. The number of hydrogen-bond donors (Lipinski definition) is 1. The maximum absolute atomic E-state index is 13.9. The normalized spacial score (nSPS) is 27.8. The van der Waals surface area contributed by atoms with E-state index in [9.17, 15) is 13.2 Å². The number of fused-ring (bicyclic) bond motifs is 1. The minimum absolute atomic E-state index is 0.00100. The number of hydrogen-bond acceptors (Lipinski definition) is 5. The number of nitrogens with one attached hydrogen (secondary N) is 1. The van der Waals surface area contributed by atoms with Crippen LogP contribution in [0.2, 0.25) is 0 Å². The number of halogens is 3. The van der Waals surface area contributed by atoms with Crippen LogP contribution in [0.4, 0.5) is 19.0 Å². The summed E-state index contributed by atoms with van der Waals surface area (Å²) in [5.74, 6) is 1.53. The molecule has 1 aliphatic carbocycles. The molecular formula is C25H31F3N4O. The van der Waals surface area contributed by atoms with Crippen LogP contribution >= 0.6 is 0 Å². The molecule has 178 valence electrons. The quantitative estimate of drug-likeness (QED) is 0.685. The summed E-state index contributed by atoms with van der Waals surface area (Å²) in [5, 5.41) is 11.3. The highest BCUT2D eigenvalue weighted by Gasteiger charge is 2.43. The van der Waals surface area contributed by atoms with Gasteiger partial charge in [0.15, 0.2) is 5.82 Å². The molecule has 0 radical (unpaired) electrons. The Hall–Kier alpha value is -2.19. The van der Waals surface area contributed by atoms with Gasteiger partial charge in [0.1, 0.15) is 5.56 Å². The molecule has 1 N–H and O–H groups in total. The SMILES string of the molecule is Cc1ccc(C)c(-c2cc(C(F)(F)F)c(NC3C[C@@H]4CN(C[C@@H]5CCOC5)C[C@@H]4C3)nn2)c1. The number of aryl methyl sites for hydroxylation is 2. The maximum atomic E-state index is 13.9. The molecular weight excluding hydrogens is 429 g/mol. The minimum atomic E-state index is -4.50. The Bertz CT molecular complexity index is 992. The van der Waals surface area contributed by atoms with Gasteiger partial charge in [0.05, 0.1) is 12.3 Å². The zero-order chi connectivity index (χ0) is 23.2. The van der Waals surface area contributed by atoms with Crippen LogP contribution in [-0.4, -0.2) is 54.0 Å². The summed E-state index contributed by atoms with van der Waals surface area (Å²) in [7, 11) is 0. The first kappa shape index (κ1) is 22.6. The van der Waals surface area contributed by atoms with Crippen molar-refractivity contribution in [2.75, 3.05) is 38.2 Å². The van der Waals surface area contributed by atoms with E-state index >= 15 is 0 Å². The number of benzene rings is 1. The predicted molar refractivity (Wildman–Crippen MR) is 121 cm³/mol. The lowest BCUT2D eigenvalue weighted by atomic mass is 10.0. The number of rotatable bonds is 5. The smallest absolute Gasteiger partial charge is 0.381 e. The van der Waals surface area contributed by atoms with Gasteiger partial charge in [-0.1, -0.05) is 17.7 Å². The first-order chi connectivity index (χ1) is 15.8. The van der Waals surface area contributed by atoms with Crippen LogP contribution in [0.15, 0.2) is 24.3 Å². The van der Waals surface area contributed by atoms with E-state index in [0.29, 0.717) is 23.3 Å². The zero-order valence-corrected chi connectivity index (χ0v) is 19.2. The van der Waals surface area contributed by atoms with Gasteiger partial charge in [0.25, 0.3) is 0 Å². The van der Waals surface area contributed by atoms with E-state index in [0.717, 1.165) is 69.3 Å². The average Bonchev–Trinajstić information content (AvgIpc) is 3.47. The number of nitrogens with zero attached hydrogens (tertiary/aromatic N) is 3. The maximum Gasteiger partial charge on any atom is 0.420 e. The molecule has 1 aromatic heterocycles. The van der Waals surface area contributed by atoms with Gasteiger partial charge in [0.2, 0.25) is 0 Å². The molecule has 1 aromatic carbocycles. The van der Waals surface area contributed by atoms with Crippen molar-refractivity contribution in [1.82, 2.24) is 15.1 Å². The van der Waals surface area contributed by atoms with Crippen LogP contribution in [-0.2, 0) is 10.9 Å². The highest BCUT2D eigenvalue weighted by Crippen LogP contribution is 2.42. The summed E-state index contributed by atoms with van der Waals surface area (Å²) >= 11 is 0. The topological polar surface area (TPSA) is 50.3 Å². The van der Waals surface area contributed by atoms with Gasteiger partial charge in [-0.25, -0.2) is 0 Å². The van der Waals surface area contributed by atoms with Crippen molar-refractivity contribution in [3.05, 3.63) is 41.0 Å². The Labute approximate surface area is 192 Å². The number of ether oxygens (including phenoxy) is 1. The minimum Gasteiger partial charge on any atom is -0.381 e. The van der Waals surface area contributed by atoms with Gasteiger partial charge < -0.3 is 15.0 Å². The lowest BCUT2D eigenvalue weighted by molar-refractivity contribution is -0.137. The van der Waals surface area contributed by atoms with Crippen molar-refractivity contribution in [3.63, 3.8) is 0 Å². The van der Waals surface area contributed by atoms with E-state index in [1.54, 1.807) is 0 Å². The Kier molecular flexibility index (Phi) is 6.07. The summed E-state index contributed by atoms with van der Waals surface area (Å²) in [5.41, 5.74) is 2.04. The van der Waals surface area contributed by atoms with Crippen LogP contribution < -0.4 is 5.32 Å². The van der Waals surface area contributed by atoms with E-state index in [2.05, 4.69) is 20.4 Å². The third kappa shape index (κ3) is 4.87. The van der Waals surface area contributed by atoms with Crippen LogP contribution in [0.25, 0.3) is 11.3 Å². The average molecular weight is 461 g/mol. The van der Waals surface area contributed by atoms with E-state index in [4.69, 9.17) is 4.74 Å². The predicted octanol–water partition coefficient (Wildman–Crippen LogP) is 4.94. The van der Waals surface area contributed by atoms with E-state index in [-0.39, 0.29) is 17.6 Å². The molecule has 3 fully saturated rings. The van der Waals surface area contributed by atoms with Gasteiger partial charge in [-0.15, -0.1) is 10.2 Å². The third-order valence-electron chi connectivity index (χ3n) is 7.48. The summed E-state index contributed by atoms with van der Waals surface area (Å²) in [4.78, 5) is 2.52. The molecule has 1 unspecified atom stereocenters. The Balaban J connectivity index is 1.29. The fraction of sp³-hybridized carbons (Fsp3) is 0.600. The first-order valence-corrected chi connectivity index (χ1v) is 11.9. The first-order valence-electron chi connectivity index (χ1n) is 11.9. The number of anilines is 1. The molecule has 4 atom stereocenters. The van der Waals surface area contributed by atoms with Crippen LogP contribution in [0.5, 0.6) is 0 Å². The number of aromatic nitrogens is 2. The highest BCUT2D eigenvalue weighted by atomic mass is 19.4. The van der Waals surface area contributed by atoms with Gasteiger partial charge in [0, 0.05) is 37.8 Å². The largest absolute Gasteiger partial charge is 0.420 e. The number of likely N-dealkylation sites (tertiary alicyclic amines) is 1. The highest BCUT2D eigenvalue weighted by molar-refractivity contribution is 5.66. The number of alkyl halides is 3. The molecule has 8 heteroatoms. The van der Waals surface area contributed by atoms with Gasteiger partial charge in [-0.2, -0.15) is 13.2 Å². The Morgan fingerprint density at radius 2 is 1.85 bits per heavy atom. The second kappa shape index (κ2) is 8.87. The monoisotopic (exact) mass is 460 g/mol. The molecule has 1 saturated carbocycles. The van der Waals surface area contributed by atoms with Crippen LogP contribution in [0.3, 0.4) is 0 Å². The molecule has 5 rings (SSSR count). The molecule has 5 nitrogen and oxygen atoms in total. The van der Waals surface area contributed by atoms with Gasteiger partial charge in [-0.05, 0) is 68.6 Å². The summed E-state index contributed by atoms with van der Waals surface area (Å²) in [6.45, 7) is 8.64. The molecule has 2 aliphatic heterocycles. The van der Waals surface area contributed by atoms with Crippen molar-refractivity contribution >= 4 is 5.82 Å². The fourth-order valence-electron chi connectivity index (χ4n) is 5.81. The molecule has 33 heavy (non-hydrogen) atoms. The van der Waals surface area contributed by atoms with E-state index in [1.807, 2.05) is 32.0 Å². The van der Waals surface area contributed by atoms with E-state index < -0.39 is 11.7 Å². The molecule has 2 aromatic rings. The van der Waals surface area contributed by atoms with Crippen molar-refractivity contribution in [2.45, 2.75) is 45.3 Å². The molecule has 0 amide bonds. The zero-order valence-electron chi connectivity index (χ0n) is 19.2. The molecule has 2 saturated heterocycles. The molecule has 0 bridgehead atoms. The van der Waals surface area contributed by atoms with Crippen LogP contribution in [0.1, 0.15) is 36.0 Å². The van der Waals surface area contributed by atoms with Gasteiger partial charge >= 0.3 is 6.18 Å². The van der Waals surface area contributed by atoms with Crippen molar-refractivity contribution < 1.29 is 17.9 Å². The third-order valence-corrected chi connectivity index (χ3v) is 7.48. The standard InChI is InChI=1S/C25H31F3N4O/c1-15-3-4-16(2)21(7-15)23-10-22(25(26,27)28)24(31-30-23)29-20-8-18-12-32(13-19(18)9-20)11-17-5-6-33-14-17/h3-4,7,10,17-20H,5-6,8-9,11-14H2,1-2H3,(H,29,31)/t17-,18-,19+,20?/m0/s1. The summed E-state index contributed by atoms with van der Waals surface area (Å²) in [6.07, 6.45) is -1.62. The molecule has 3 aliphatic rings. The van der Waals surface area contributed by atoms with Crippen LogP contribution in [0, 0.1) is 31.6 Å². The summed E-state index contributed by atoms with van der Waals surface area (Å²) in [6, 6.07) is 6.82. The summed E-state index contributed by atoms with van der Waals surface area (Å²) < 4.78 is 47.3. The molecule has 3 heterocycles.